The van der Waals surface area contributed by atoms with Crippen LogP contribution in [0.15, 0.2) is 24.3 Å². The van der Waals surface area contributed by atoms with E-state index >= 15 is 0 Å². The summed E-state index contributed by atoms with van der Waals surface area (Å²) in [6.07, 6.45) is 2.46. The summed E-state index contributed by atoms with van der Waals surface area (Å²) in [5, 5.41) is 13.5. The molecule has 0 radical (unpaired) electrons. The summed E-state index contributed by atoms with van der Waals surface area (Å²) in [4.78, 5) is 6.88. The largest absolute Gasteiger partial charge is 0.299 e. The first-order chi connectivity index (χ1) is 11.1. The van der Waals surface area contributed by atoms with Crippen molar-refractivity contribution in [2.45, 2.75) is 39.8 Å². The minimum absolute atomic E-state index is 0.614. The number of nitriles is 1. The lowest BCUT2D eigenvalue weighted by atomic mass is 9.97. The van der Waals surface area contributed by atoms with Gasteiger partial charge in [-0.15, -0.1) is 0 Å². The fraction of sp³-hybridized carbons (Fsp3) is 0.500. The monoisotopic (exact) mass is 309 g/mol. The molecule has 1 aromatic heterocycles. The Morgan fingerprint density at radius 2 is 2.22 bits per heavy atom. The predicted octanol–water partition coefficient (Wildman–Crippen LogP) is 2.68. The Bertz CT molecular complexity index is 712. The van der Waals surface area contributed by atoms with E-state index in [9.17, 15) is 0 Å². The fourth-order valence-electron chi connectivity index (χ4n) is 3.42. The van der Waals surface area contributed by atoms with Crippen molar-refractivity contribution in [3.05, 3.63) is 47.0 Å². The Labute approximate surface area is 137 Å². The number of piperidine rings is 1. The van der Waals surface area contributed by atoms with Crippen molar-refractivity contribution in [1.82, 2.24) is 19.7 Å². The van der Waals surface area contributed by atoms with Crippen LogP contribution in [0.5, 0.6) is 0 Å². The van der Waals surface area contributed by atoms with E-state index in [1.54, 1.807) is 0 Å². The number of hydrogen-bond acceptors (Lipinski definition) is 4. The van der Waals surface area contributed by atoms with Crippen LogP contribution in [0.4, 0.5) is 0 Å². The fourth-order valence-corrected chi connectivity index (χ4v) is 3.42. The Kier molecular flexibility index (Phi) is 4.73. The van der Waals surface area contributed by atoms with Gasteiger partial charge >= 0.3 is 0 Å². The van der Waals surface area contributed by atoms with Gasteiger partial charge in [0, 0.05) is 19.6 Å². The quantitative estimate of drug-likeness (QED) is 0.871. The van der Waals surface area contributed by atoms with E-state index < -0.39 is 0 Å². The van der Waals surface area contributed by atoms with E-state index in [1.165, 1.54) is 18.4 Å². The molecule has 0 saturated carbocycles. The Balaban J connectivity index is 1.62. The second kappa shape index (κ2) is 6.93. The van der Waals surface area contributed by atoms with Crippen LogP contribution in [-0.2, 0) is 13.1 Å². The van der Waals surface area contributed by atoms with Gasteiger partial charge in [0.25, 0.3) is 0 Å². The van der Waals surface area contributed by atoms with E-state index in [-0.39, 0.29) is 0 Å². The van der Waals surface area contributed by atoms with Gasteiger partial charge in [-0.3, -0.25) is 4.90 Å². The molecular weight excluding hydrogens is 286 g/mol. The molecule has 0 aliphatic carbocycles. The molecule has 0 bridgehead atoms. The van der Waals surface area contributed by atoms with Gasteiger partial charge in [0.05, 0.1) is 11.6 Å². The molecule has 1 aromatic carbocycles. The molecule has 0 amide bonds. The molecule has 1 fully saturated rings. The molecule has 1 aliphatic heterocycles. The number of aromatic nitrogens is 3. The summed E-state index contributed by atoms with van der Waals surface area (Å²) >= 11 is 0. The first kappa shape index (κ1) is 15.7. The average molecular weight is 309 g/mol. The Hall–Kier alpha value is -2.19. The SMILES string of the molecule is Cc1nc(C)n(C[C@@H]2CCCN(Cc3cccc(C#N)c3)C2)n1. The number of nitrogens with zero attached hydrogens (tertiary/aromatic N) is 5. The highest BCUT2D eigenvalue weighted by molar-refractivity contribution is 5.32. The summed E-state index contributed by atoms with van der Waals surface area (Å²) in [7, 11) is 0. The predicted molar refractivity (Wildman–Crippen MR) is 88.7 cm³/mol. The zero-order valence-corrected chi connectivity index (χ0v) is 13.9. The van der Waals surface area contributed by atoms with Crippen LogP contribution in [0.25, 0.3) is 0 Å². The van der Waals surface area contributed by atoms with Crippen LogP contribution in [0.2, 0.25) is 0 Å². The third-order valence-electron chi connectivity index (χ3n) is 4.46. The molecule has 5 heteroatoms. The van der Waals surface area contributed by atoms with Crippen molar-refractivity contribution in [2.75, 3.05) is 13.1 Å². The van der Waals surface area contributed by atoms with Gasteiger partial charge in [0.1, 0.15) is 11.6 Å². The number of hydrogen-bond donors (Lipinski definition) is 0. The van der Waals surface area contributed by atoms with Gasteiger partial charge in [0.15, 0.2) is 0 Å². The summed E-state index contributed by atoms with van der Waals surface area (Å²) in [5.41, 5.74) is 1.96. The van der Waals surface area contributed by atoms with Crippen LogP contribution in [0, 0.1) is 31.1 Å². The van der Waals surface area contributed by atoms with Crippen molar-refractivity contribution < 1.29 is 0 Å². The molecule has 3 rings (SSSR count). The minimum Gasteiger partial charge on any atom is -0.299 e. The van der Waals surface area contributed by atoms with Gasteiger partial charge in [-0.05, 0) is 56.8 Å². The standard InChI is InChI=1S/C18H23N5/c1-14-20-15(2)23(21-14)13-18-7-4-8-22(12-18)11-17-6-3-5-16(9-17)10-19/h3,5-6,9,18H,4,7-8,11-13H2,1-2H3/t18-/m1/s1. The third-order valence-corrected chi connectivity index (χ3v) is 4.46. The van der Waals surface area contributed by atoms with Gasteiger partial charge in [-0.1, -0.05) is 12.1 Å². The highest BCUT2D eigenvalue weighted by Crippen LogP contribution is 2.20. The zero-order chi connectivity index (χ0) is 16.2. The number of rotatable bonds is 4. The van der Waals surface area contributed by atoms with Crippen molar-refractivity contribution in [3.63, 3.8) is 0 Å². The second-order valence-electron chi connectivity index (χ2n) is 6.44. The normalized spacial score (nSPS) is 18.7. The maximum atomic E-state index is 9.02. The Morgan fingerprint density at radius 3 is 2.96 bits per heavy atom. The van der Waals surface area contributed by atoms with Gasteiger partial charge in [-0.25, -0.2) is 9.67 Å². The van der Waals surface area contributed by atoms with Crippen LogP contribution in [0.3, 0.4) is 0 Å². The second-order valence-corrected chi connectivity index (χ2v) is 6.44. The van der Waals surface area contributed by atoms with Gasteiger partial charge < -0.3 is 0 Å². The van der Waals surface area contributed by atoms with Crippen molar-refractivity contribution in [3.8, 4) is 6.07 Å². The molecule has 0 unspecified atom stereocenters. The highest BCUT2D eigenvalue weighted by Gasteiger charge is 2.21. The third kappa shape index (κ3) is 3.96. The number of aryl methyl sites for hydroxylation is 2. The number of likely N-dealkylation sites (tertiary alicyclic amines) is 1. The summed E-state index contributed by atoms with van der Waals surface area (Å²) in [5.74, 6) is 2.47. The topological polar surface area (TPSA) is 57.7 Å². The molecule has 120 valence electrons. The van der Waals surface area contributed by atoms with Crippen LogP contribution < -0.4 is 0 Å². The molecule has 23 heavy (non-hydrogen) atoms. The zero-order valence-electron chi connectivity index (χ0n) is 13.9. The smallest absolute Gasteiger partial charge is 0.147 e. The van der Waals surface area contributed by atoms with Crippen molar-refractivity contribution >= 4 is 0 Å². The summed E-state index contributed by atoms with van der Waals surface area (Å²) in [6, 6.07) is 10.1. The lowest BCUT2D eigenvalue weighted by Crippen LogP contribution is -2.36. The van der Waals surface area contributed by atoms with E-state index in [2.05, 4.69) is 27.1 Å². The van der Waals surface area contributed by atoms with E-state index in [4.69, 9.17) is 5.26 Å². The number of benzene rings is 1. The maximum absolute atomic E-state index is 9.02. The van der Waals surface area contributed by atoms with E-state index in [0.29, 0.717) is 5.92 Å². The molecular formula is C18H23N5. The van der Waals surface area contributed by atoms with Crippen LogP contribution in [0.1, 0.15) is 35.6 Å². The highest BCUT2D eigenvalue weighted by atomic mass is 15.3. The van der Waals surface area contributed by atoms with Crippen molar-refractivity contribution in [1.29, 1.82) is 5.26 Å². The molecule has 2 aromatic rings. The molecule has 2 heterocycles. The van der Waals surface area contributed by atoms with E-state index in [0.717, 1.165) is 43.4 Å². The lowest BCUT2D eigenvalue weighted by molar-refractivity contribution is 0.152. The molecule has 0 spiro atoms. The van der Waals surface area contributed by atoms with Gasteiger partial charge in [-0.2, -0.15) is 10.4 Å². The average Bonchev–Trinajstić information content (AvgIpc) is 2.85. The minimum atomic E-state index is 0.614. The molecule has 1 aliphatic rings. The van der Waals surface area contributed by atoms with Crippen LogP contribution >= 0.6 is 0 Å². The maximum Gasteiger partial charge on any atom is 0.147 e. The van der Waals surface area contributed by atoms with E-state index in [1.807, 2.05) is 36.7 Å². The van der Waals surface area contributed by atoms with Crippen molar-refractivity contribution in [2.24, 2.45) is 5.92 Å². The molecule has 1 saturated heterocycles. The van der Waals surface area contributed by atoms with Crippen LogP contribution in [-0.4, -0.2) is 32.8 Å². The molecule has 1 atom stereocenters. The first-order valence-corrected chi connectivity index (χ1v) is 8.23. The first-order valence-electron chi connectivity index (χ1n) is 8.23. The van der Waals surface area contributed by atoms with Gasteiger partial charge in [0.2, 0.25) is 0 Å². The summed E-state index contributed by atoms with van der Waals surface area (Å²) < 4.78 is 2.04. The molecule has 5 nitrogen and oxygen atoms in total. The Morgan fingerprint density at radius 1 is 1.35 bits per heavy atom. The summed E-state index contributed by atoms with van der Waals surface area (Å²) in [6.45, 7) is 8.04. The molecule has 0 N–H and O–H groups in total. The lowest BCUT2D eigenvalue weighted by Gasteiger charge is -2.32.